The van der Waals surface area contributed by atoms with Crippen molar-refractivity contribution in [2.45, 2.75) is 57.9 Å². The molecule has 0 aliphatic rings. The topological polar surface area (TPSA) is 114 Å². The smallest absolute Gasteiger partial charge is 0.407 e. The molecule has 0 aliphatic carbocycles. The van der Waals surface area contributed by atoms with Crippen LogP contribution in [0, 0.1) is 0 Å². The minimum absolute atomic E-state index is 0.239. The summed E-state index contributed by atoms with van der Waals surface area (Å²) in [6.07, 6.45) is -0.548. The van der Waals surface area contributed by atoms with Crippen molar-refractivity contribution in [2.24, 2.45) is 0 Å². The molecular weight excluding hydrogens is 406 g/mol. The number of alkyl carbamates (subject to hydrolysis) is 1. The fourth-order valence-corrected chi connectivity index (χ4v) is 4.11. The standard InChI is InChI=1S/C17H31N3O6S2/c1-11(21)19-12(13(22)25-8)17(5,6)28-27-15(24)20(7)10-9-18-14(23)26-16(2,3)4/h12H,9-10H2,1-8H3,(H,18,23)(H,19,21). The maximum Gasteiger partial charge on any atom is 0.407 e. The fraction of sp³-hybridized carbons (Fsp3) is 0.765. The largest absolute Gasteiger partial charge is 0.467 e. The van der Waals surface area contributed by atoms with Crippen LogP contribution in [0.4, 0.5) is 9.59 Å². The molecule has 0 saturated heterocycles. The lowest BCUT2D eigenvalue weighted by atomic mass is 10.0. The molecule has 0 fully saturated rings. The number of nitrogens with one attached hydrogen (secondary N) is 2. The van der Waals surface area contributed by atoms with Crippen LogP contribution in [-0.2, 0) is 19.1 Å². The summed E-state index contributed by atoms with van der Waals surface area (Å²) in [5.74, 6) is -0.957. The average molecular weight is 438 g/mol. The average Bonchev–Trinajstić information content (AvgIpc) is 2.54. The summed E-state index contributed by atoms with van der Waals surface area (Å²) in [6, 6.07) is -0.903. The van der Waals surface area contributed by atoms with Gasteiger partial charge in [0.1, 0.15) is 11.6 Å². The lowest BCUT2D eigenvalue weighted by molar-refractivity contribution is -0.145. The third-order valence-electron chi connectivity index (χ3n) is 3.23. The van der Waals surface area contributed by atoms with Crippen LogP contribution in [0.15, 0.2) is 0 Å². The number of rotatable bonds is 8. The van der Waals surface area contributed by atoms with Crippen LogP contribution < -0.4 is 10.6 Å². The van der Waals surface area contributed by atoms with Gasteiger partial charge in [-0.3, -0.25) is 9.59 Å². The van der Waals surface area contributed by atoms with E-state index < -0.39 is 28.5 Å². The molecule has 0 heterocycles. The van der Waals surface area contributed by atoms with Crippen molar-refractivity contribution in [3.8, 4) is 0 Å². The van der Waals surface area contributed by atoms with Crippen LogP contribution in [-0.4, -0.2) is 71.7 Å². The molecule has 28 heavy (non-hydrogen) atoms. The molecule has 1 unspecified atom stereocenters. The van der Waals surface area contributed by atoms with Crippen molar-refractivity contribution in [2.75, 3.05) is 27.2 Å². The molecule has 0 aromatic rings. The molecule has 0 bridgehead atoms. The van der Waals surface area contributed by atoms with E-state index in [9.17, 15) is 19.2 Å². The summed E-state index contributed by atoms with van der Waals surface area (Å²) in [7, 11) is 4.94. The van der Waals surface area contributed by atoms with Gasteiger partial charge in [0.2, 0.25) is 5.91 Å². The number of likely N-dealkylation sites (N-methyl/N-ethyl adjacent to an activating group) is 1. The first-order chi connectivity index (χ1) is 12.7. The maximum atomic E-state index is 12.3. The van der Waals surface area contributed by atoms with Gasteiger partial charge in [0.25, 0.3) is 5.24 Å². The molecule has 0 aromatic carbocycles. The third kappa shape index (κ3) is 10.6. The number of carbonyl (C=O) groups excluding carboxylic acids is 4. The molecule has 9 nitrogen and oxygen atoms in total. The molecule has 1 atom stereocenters. The van der Waals surface area contributed by atoms with Crippen molar-refractivity contribution < 1.29 is 28.7 Å². The van der Waals surface area contributed by atoms with Gasteiger partial charge >= 0.3 is 12.1 Å². The minimum atomic E-state index is -0.903. The van der Waals surface area contributed by atoms with Crippen LogP contribution >= 0.6 is 21.6 Å². The van der Waals surface area contributed by atoms with E-state index in [1.54, 1.807) is 41.7 Å². The summed E-state index contributed by atoms with van der Waals surface area (Å²) < 4.78 is 9.07. The van der Waals surface area contributed by atoms with Crippen molar-refractivity contribution >= 4 is 44.8 Å². The highest BCUT2D eigenvalue weighted by atomic mass is 33.1. The first kappa shape index (κ1) is 26.4. The number of hydrogen-bond acceptors (Lipinski definition) is 8. The Morgan fingerprint density at radius 3 is 2.14 bits per heavy atom. The van der Waals surface area contributed by atoms with Crippen LogP contribution in [0.5, 0.6) is 0 Å². The second kappa shape index (κ2) is 11.4. The van der Waals surface area contributed by atoms with Crippen LogP contribution in [0.1, 0.15) is 41.5 Å². The van der Waals surface area contributed by atoms with E-state index in [0.29, 0.717) is 0 Å². The Morgan fingerprint density at radius 2 is 1.68 bits per heavy atom. The molecule has 11 heteroatoms. The third-order valence-corrected chi connectivity index (χ3v) is 6.40. The van der Waals surface area contributed by atoms with Crippen molar-refractivity contribution in [3.63, 3.8) is 0 Å². The first-order valence-corrected chi connectivity index (χ1v) is 10.8. The molecule has 162 valence electrons. The Hall–Kier alpha value is -1.62. The van der Waals surface area contributed by atoms with Gasteiger partial charge in [-0.15, -0.1) is 0 Å². The molecule has 2 N–H and O–H groups in total. The zero-order valence-corrected chi connectivity index (χ0v) is 19.3. The van der Waals surface area contributed by atoms with Gasteiger partial charge in [0.15, 0.2) is 0 Å². The summed E-state index contributed by atoms with van der Waals surface area (Å²) in [4.78, 5) is 48.7. The second-order valence-electron chi connectivity index (χ2n) is 7.54. The van der Waals surface area contributed by atoms with Gasteiger partial charge in [-0.1, -0.05) is 10.8 Å². The quantitative estimate of drug-likeness (QED) is 0.439. The molecule has 3 amide bonds. The van der Waals surface area contributed by atoms with Gasteiger partial charge in [-0.25, -0.2) is 9.59 Å². The number of methoxy groups -OCH3 is 1. The molecule has 0 spiro atoms. The highest BCUT2D eigenvalue weighted by molar-refractivity contribution is 8.82. The van der Waals surface area contributed by atoms with Crippen molar-refractivity contribution in [1.29, 1.82) is 0 Å². The second-order valence-corrected chi connectivity index (χ2v) is 10.3. The highest BCUT2D eigenvalue weighted by Crippen LogP contribution is 2.39. The summed E-state index contributed by atoms with van der Waals surface area (Å²) in [5, 5.41) is 4.88. The number of ether oxygens (including phenoxy) is 2. The lowest BCUT2D eigenvalue weighted by Gasteiger charge is -2.31. The Labute approximate surface area is 174 Å². The summed E-state index contributed by atoms with van der Waals surface area (Å²) in [5.41, 5.74) is -0.589. The predicted molar refractivity (Wildman–Crippen MR) is 111 cm³/mol. The summed E-state index contributed by atoms with van der Waals surface area (Å²) >= 11 is 0. The number of hydrogen-bond donors (Lipinski definition) is 2. The number of nitrogens with zero attached hydrogens (tertiary/aromatic N) is 1. The normalized spacial score (nSPS) is 12.6. The van der Waals surface area contributed by atoms with Gasteiger partial charge < -0.3 is 25.0 Å². The van der Waals surface area contributed by atoms with E-state index in [1.165, 1.54) is 18.9 Å². The Balaban J connectivity index is 4.57. The van der Waals surface area contributed by atoms with E-state index in [0.717, 1.165) is 21.6 Å². The van der Waals surface area contributed by atoms with Crippen LogP contribution in [0.2, 0.25) is 0 Å². The van der Waals surface area contributed by atoms with E-state index in [-0.39, 0.29) is 24.2 Å². The zero-order valence-electron chi connectivity index (χ0n) is 17.7. The van der Waals surface area contributed by atoms with E-state index in [1.807, 2.05) is 0 Å². The lowest BCUT2D eigenvalue weighted by Crippen LogP contribution is -2.52. The summed E-state index contributed by atoms with van der Waals surface area (Å²) in [6.45, 7) is 10.6. The van der Waals surface area contributed by atoms with Crippen LogP contribution in [0.25, 0.3) is 0 Å². The van der Waals surface area contributed by atoms with Gasteiger partial charge in [-0.05, 0) is 34.6 Å². The van der Waals surface area contributed by atoms with E-state index >= 15 is 0 Å². The van der Waals surface area contributed by atoms with E-state index in [4.69, 9.17) is 9.47 Å². The molecule has 0 rings (SSSR count). The van der Waals surface area contributed by atoms with E-state index in [2.05, 4.69) is 10.6 Å². The monoisotopic (exact) mass is 437 g/mol. The Kier molecular flexibility index (Phi) is 10.7. The van der Waals surface area contributed by atoms with Crippen LogP contribution in [0.3, 0.4) is 0 Å². The zero-order chi connectivity index (χ0) is 22.1. The SMILES string of the molecule is COC(=O)C(NC(C)=O)C(C)(C)SSC(=O)N(C)CCNC(=O)OC(C)(C)C. The minimum Gasteiger partial charge on any atom is -0.467 e. The molecular formula is C17H31N3O6S2. The first-order valence-electron chi connectivity index (χ1n) is 8.62. The Morgan fingerprint density at radius 1 is 1.11 bits per heavy atom. The molecule has 0 aromatic heterocycles. The molecule has 0 radical (unpaired) electrons. The predicted octanol–water partition coefficient (Wildman–Crippen LogP) is 2.40. The van der Waals surface area contributed by atoms with Gasteiger partial charge in [0, 0.05) is 37.9 Å². The Bertz CT molecular complexity index is 578. The number of carbonyl (C=O) groups is 4. The highest BCUT2D eigenvalue weighted by Gasteiger charge is 2.38. The van der Waals surface area contributed by atoms with Gasteiger partial charge in [0.05, 0.1) is 11.9 Å². The van der Waals surface area contributed by atoms with Gasteiger partial charge in [-0.2, -0.15) is 0 Å². The number of amides is 3. The molecule has 0 saturated carbocycles. The molecule has 0 aliphatic heterocycles. The van der Waals surface area contributed by atoms with Crippen molar-refractivity contribution in [3.05, 3.63) is 0 Å². The number of esters is 1. The fourth-order valence-electron chi connectivity index (χ4n) is 1.82. The maximum absolute atomic E-state index is 12.3. The van der Waals surface area contributed by atoms with Crippen molar-refractivity contribution in [1.82, 2.24) is 15.5 Å².